The topological polar surface area (TPSA) is 287 Å². The van der Waals surface area contributed by atoms with Gasteiger partial charge in [0.2, 0.25) is 0 Å². The van der Waals surface area contributed by atoms with Crippen LogP contribution in [-0.4, -0.2) is 57.4 Å². The van der Waals surface area contributed by atoms with Crippen LogP contribution in [0.3, 0.4) is 0 Å². The average molecular weight is 523 g/mol. The van der Waals surface area contributed by atoms with E-state index in [9.17, 15) is 0 Å². The quantitative estimate of drug-likeness (QED) is 0.138. The molecule has 0 spiro atoms. The second-order valence-electron chi connectivity index (χ2n) is 3.10. The summed E-state index contributed by atoms with van der Waals surface area (Å²) in [6.07, 6.45) is 0. The van der Waals surface area contributed by atoms with Crippen molar-refractivity contribution >= 4 is 31.7 Å². The zero-order chi connectivity index (χ0) is 22.2. The first kappa shape index (κ1) is 69.7. The molecule has 0 aromatic carbocycles. The summed E-state index contributed by atoms with van der Waals surface area (Å²) in [5.74, 6) is -3.33. The van der Waals surface area contributed by atoms with Crippen molar-refractivity contribution in [1.82, 2.24) is 0 Å². The smallest absolute Gasteiger partial charge is 1.00 e. The molecule has 0 amide bonds. The van der Waals surface area contributed by atoms with Crippen molar-refractivity contribution in [2.45, 2.75) is 27.7 Å². The van der Waals surface area contributed by atoms with Crippen LogP contribution in [0.2, 0.25) is 0 Å². The normalized spacial score (nSPS) is 6.30. The van der Waals surface area contributed by atoms with Crippen LogP contribution in [0.15, 0.2) is 0 Å². The molecule has 0 aliphatic heterocycles. The first-order chi connectivity index (χ1) is 10.8. The van der Waals surface area contributed by atoms with Crippen molar-refractivity contribution in [3.63, 3.8) is 0 Å². The number of halogens is 1. The van der Waals surface area contributed by atoms with E-state index in [0.717, 1.165) is 27.7 Å². The van der Waals surface area contributed by atoms with Gasteiger partial charge in [-0.25, -0.2) is 0 Å². The number of carboxylic acids is 4. The SMILES string of the molecule is CC(=O)O.CC(=O)O.CC(=O)O.CC(=O)O.NCCN.O=P([O-])([O-])[O-].[Cl-].[Na+].[Na+].[Na+].[Na+]. The number of nitrogens with two attached hydrogens (primary N) is 2. The zero-order valence-electron chi connectivity index (χ0n) is 18.4. The Bertz CT molecular complexity index is 331. The van der Waals surface area contributed by atoms with Crippen molar-refractivity contribution in [2.24, 2.45) is 11.5 Å². The van der Waals surface area contributed by atoms with Crippen molar-refractivity contribution in [3.8, 4) is 0 Å². The van der Waals surface area contributed by atoms with Gasteiger partial charge in [0.1, 0.15) is 0 Å². The maximum absolute atomic E-state index is 9.00. The van der Waals surface area contributed by atoms with Gasteiger partial charge in [-0.3, -0.25) is 19.2 Å². The minimum absolute atomic E-state index is 0. The molecular weight excluding hydrogens is 498 g/mol. The molecule has 0 aromatic heterocycles. The Labute approximate surface area is 269 Å². The van der Waals surface area contributed by atoms with Gasteiger partial charge < -0.3 is 63.5 Å². The minimum Gasteiger partial charge on any atom is -1.00 e. The second-order valence-corrected chi connectivity index (χ2v) is 4.00. The third kappa shape index (κ3) is 2510. The monoisotopic (exact) mass is 522 g/mol. The Morgan fingerprint density at radius 1 is 0.633 bits per heavy atom. The van der Waals surface area contributed by atoms with Crippen LogP contribution in [0, 0.1) is 0 Å². The van der Waals surface area contributed by atoms with Gasteiger partial charge in [0, 0.05) is 40.8 Å². The first-order valence-electron chi connectivity index (χ1n) is 5.76. The average Bonchev–Trinajstić information content (AvgIpc) is 2.22. The molecule has 8 N–H and O–H groups in total. The van der Waals surface area contributed by atoms with Gasteiger partial charge in [-0.2, -0.15) is 7.82 Å². The Morgan fingerprint density at radius 2 is 0.667 bits per heavy atom. The van der Waals surface area contributed by atoms with E-state index in [0.29, 0.717) is 13.1 Å². The van der Waals surface area contributed by atoms with E-state index in [4.69, 9.17) is 70.3 Å². The minimum atomic E-state index is -5.39. The third-order valence-corrected chi connectivity index (χ3v) is 0.167. The van der Waals surface area contributed by atoms with Gasteiger partial charge >= 0.3 is 118 Å². The van der Waals surface area contributed by atoms with E-state index < -0.39 is 31.7 Å². The molecule has 20 heteroatoms. The van der Waals surface area contributed by atoms with Gasteiger partial charge in [-0.15, -0.1) is 0 Å². The Hall–Kier alpha value is 2.20. The van der Waals surface area contributed by atoms with E-state index in [-0.39, 0.29) is 131 Å². The van der Waals surface area contributed by atoms with Crippen LogP contribution in [-0.2, 0) is 23.7 Å². The molecule has 0 heterocycles. The molecule has 0 saturated carbocycles. The number of hydrogen-bond donors (Lipinski definition) is 6. The molecule has 0 saturated heterocycles. The van der Waals surface area contributed by atoms with Crippen LogP contribution in [0.25, 0.3) is 0 Å². The summed E-state index contributed by atoms with van der Waals surface area (Å²) in [6, 6.07) is 0. The van der Waals surface area contributed by atoms with Crippen molar-refractivity contribution in [2.75, 3.05) is 13.1 Å². The zero-order valence-corrected chi connectivity index (χ0v) is 28.1. The van der Waals surface area contributed by atoms with Gasteiger partial charge in [0.05, 0.1) is 0 Å². The fourth-order valence-corrected chi connectivity index (χ4v) is 0. The number of carbonyl (C=O) groups is 4. The van der Waals surface area contributed by atoms with E-state index in [2.05, 4.69) is 0 Å². The van der Waals surface area contributed by atoms with E-state index in [1.165, 1.54) is 0 Å². The maximum Gasteiger partial charge on any atom is 1.00 e. The molecule has 0 atom stereocenters. The predicted octanol–water partition coefficient (Wildman–Crippen LogP) is -18.5. The van der Waals surface area contributed by atoms with Crippen LogP contribution < -0.4 is 157 Å². The standard InChI is InChI=1S/C2H8N2.4C2H4O2.ClH.4Na.H3O4P/c3-1-2-4;4*1-2(3)4;;;;;;1-5(2,3)4/h1-4H2;4*1H3,(H,3,4);1H;;;;;(H3,1,2,3,4)/q;;;;;;4*+1;/p-4. The molecule has 14 nitrogen and oxygen atoms in total. The number of carboxylic acid groups (broad SMARTS) is 4. The Morgan fingerprint density at radius 3 is 0.667 bits per heavy atom. The molecular formula is C10H24ClN2Na4O12P. The summed E-state index contributed by atoms with van der Waals surface area (Å²) in [6.45, 7) is 5.53. The van der Waals surface area contributed by atoms with Gasteiger partial charge in [0.25, 0.3) is 23.9 Å². The van der Waals surface area contributed by atoms with Gasteiger partial charge in [-0.05, 0) is 0 Å². The van der Waals surface area contributed by atoms with Crippen LogP contribution in [0.4, 0.5) is 0 Å². The van der Waals surface area contributed by atoms with Crippen molar-refractivity contribution < 1.29 is 189 Å². The fraction of sp³-hybridized carbons (Fsp3) is 0.600. The molecule has 0 aliphatic rings. The molecule has 0 radical (unpaired) electrons. The van der Waals surface area contributed by atoms with Crippen LogP contribution in [0.1, 0.15) is 27.7 Å². The number of aliphatic carboxylic acids is 4. The molecule has 0 aromatic rings. The van der Waals surface area contributed by atoms with Crippen molar-refractivity contribution in [1.29, 1.82) is 0 Å². The summed E-state index contributed by atoms with van der Waals surface area (Å²) in [5, 5.41) is 29.7. The van der Waals surface area contributed by atoms with Crippen LogP contribution in [0.5, 0.6) is 0 Å². The second kappa shape index (κ2) is 57.7. The molecule has 0 unspecified atom stereocenters. The van der Waals surface area contributed by atoms with E-state index in [1.807, 2.05) is 0 Å². The summed E-state index contributed by atoms with van der Waals surface area (Å²) >= 11 is 0. The molecule has 0 fully saturated rings. The van der Waals surface area contributed by atoms with Crippen molar-refractivity contribution in [3.05, 3.63) is 0 Å². The number of rotatable bonds is 1. The summed E-state index contributed by atoms with van der Waals surface area (Å²) in [7, 11) is -5.39. The maximum atomic E-state index is 9.00. The Kier molecular flexibility index (Phi) is 134. The predicted molar refractivity (Wildman–Crippen MR) is 79.0 cm³/mol. The molecule has 162 valence electrons. The number of phosphoric acid groups is 1. The summed E-state index contributed by atoms with van der Waals surface area (Å²) < 4.78 is 8.55. The van der Waals surface area contributed by atoms with Gasteiger partial charge in [0.15, 0.2) is 0 Å². The van der Waals surface area contributed by atoms with E-state index >= 15 is 0 Å². The van der Waals surface area contributed by atoms with Gasteiger partial charge in [-0.1, -0.05) is 0 Å². The number of hydrogen-bond acceptors (Lipinski definition) is 10. The Balaban J connectivity index is -0.0000000156. The first-order valence-corrected chi connectivity index (χ1v) is 7.22. The third-order valence-electron chi connectivity index (χ3n) is 0.167. The fourth-order valence-electron chi connectivity index (χ4n) is 0. The van der Waals surface area contributed by atoms with Crippen LogP contribution >= 0.6 is 7.82 Å². The summed E-state index contributed by atoms with van der Waals surface area (Å²) in [4.78, 5) is 61.6. The van der Waals surface area contributed by atoms with E-state index in [1.54, 1.807) is 0 Å². The molecule has 0 bridgehead atoms. The molecule has 0 rings (SSSR count). The largest absolute Gasteiger partial charge is 1.00 e. The molecule has 0 aliphatic carbocycles. The summed E-state index contributed by atoms with van der Waals surface area (Å²) in [5.41, 5.74) is 9.81. The molecule has 30 heavy (non-hydrogen) atoms.